The summed E-state index contributed by atoms with van der Waals surface area (Å²) in [7, 11) is 0. The van der Waals surface area contributed by atoms with Gasteiger partial charge in [0, 0.05) is 24.5 Å². The molecule has 0 bridgehead atoms. The third-order valence-electron chi connectivity index (χ3n) is 4.85. The van der Waals surface area contributed by atoms with E-state index in [0.717, 1.165) is 31.0 Å². The largest absolute Gasteiger partial charge is 0.384 e. The second-order valence-corrected chi connectivity index (χ2v) is 6.49. The van der Waals surface area contributed by atoms with Gasteiger partial charge in [-0.05, 0) is 66.5 Å². The van der Waals surface area contributed by atoms with E-state index >= 15 is 0 Å². The van der Waals surface area contributed by atoms with Crippen molar-refractivity contribution in [1.82, 2.24) is 0 Å². The highest BCUT2D eigenvalue weighted by atomic mass is 14.9. The van der Waals surface area contributed by atoms with Crippen molar-refractivity contribution in [3.63, 3.8) is 0 Å². The molecule has 2 aromatic rings. The summed E-state index contributed by atoms with van der Waals surface area (Å²) < 4.78 is 0. The maximum absolute atomic E-state index is 8.92. The molecule has 23 heavy (non-hydrogen) atoms. The monoisotopic (exact) mass is 303 g/mol. The highest BCUT2D eigenvalue weighted by molar-refractivity contribution is 5.63. The molecule has 0 aromatic heterocycles. The van der Waals surface area contributed by atoms with Crippen LogP contribution in [-0.4, -0.2) is 13.1 Å². The Morgan fingerprint density at radius 3 is 2.52 bits per heavy atom. The minimum atomic E-state index is 0.747. The molecule has 5 rings (SSSR count). The van der Waals surface area contributed by atoms with Crippen molar-refractivity contribution in [2.75, 3.05) is 23.7 Å². The van der Waals surface area contributed by atoms with Crippen LogP contribution in [0.15, 0.2) is 36.4 Å². The van der Waals surface area contributed by atoms with Gasteiger partial charge in [0.15, 0.2) is 0 Å². The summed E-state index contributed by atoms with van der Waals surface area (Å²) >= 11 is 0. The van der Waals surface area contributed by atoms with Gasteiger partial charge >= 0.3 is 0 Å². The molecule has 0 atom stereocenters. The smallest absolute Gasteiger partial charge is 0.0992 e. The molecule has 1 aliphatic carbocycles. The van der Waals surface area contributed by atoms with E-state index in [2.05, 4.69) is 47.0 Å². The predicted octanol–water partition coefficient (Wildman–Crippen LogP) is 4.06. The van der Waals surface area contributed by atoms with Crippen molar-refractivity contribution in [1.29, 1.82) is 5.26 Å². The lowest BCUT2D eigenvalue weighted by Gasteiger charge is -2.07. The quantitative estimate of drug-likeness (QED) is 0.835. The van der Waals surface area contributed by atoms with E-state index in [-0.39, 0.29) is 0 Å². The number of anilines is 2. The Balaban J connectivity index is 0.000000130. The number of nitrogens with one attached hydrogen (secondary N) is 2. The van der Waals surface area contributed by atoms with E-state index in [1.165, 1.54) is 47.3 Å². The van der Waals surface area contributed by atoms with Crippen LogP contribution in [0.5, 0.6) is 0 Å². The summed E-state index contributed by atoms with van der Waals surface area (Å²) in [6.45, 7) is 2.14. The normalized spacial score (nSPS) is 17.0. The number of nitrogens with zero attached hydrogens (tertiary/aromatic N) is 1. The first-order chi connectivity index (χ1) is 11.3. The summed E-state index contributed by atoms with van der Waals surface area (Å²) in [5, 5.41) is 15.6. The van der Waals surface area contributed by atoms with Crippen molar-refractivity contribution >= 4 is 11.4 Å². The lowest BCUT2D eigenvalue weighted by molar-refractivity contribution is 1.03. The van der Waals surface area contributed by atoms with Gasteiger partial charge in [0.2, 0.25) is 0 Å². The maximum atomic E-state index is 8.92. The first kappa shape index (κ1) is 14.1. The van der Waals surface area contributed by atoms with Crippen molar-refractivity contribution in [2.24, 2.45) is 0 Å². The average molecular weight is 303 g/mol. The molecule has 0 amide bonds. The van der Waals surface area contributed by atoms with Crippen LogP contribution in [0.3, 0.4) is 0 Å². The van der Waals surface area contributed by atoms with E-state index in [0.29, 0.717) is 0 Å². The SMILES string of the molecule is N#Cc1cc2c(c(C3CC3)c1)CCN2.c1ccc2c(c1)CCN2. The van der Waals surface area contributed by atoms with Crippen molar-refractivity contribution < 1.29 is 0 Å². The minimum absolute atomic E-state index is 0.747. The van der Waals surface area contributed by atoms with Gasteiger partial charge in [-0.25, -0.2) is 0 Å². The van der Waals surface area contributed by atoms with Crippen LogP contribution in [0, 0.1) is 11.3 Å². The average Bonchev–Trinajstić information content (AvgIpc) is 3.13. The third kappa shape index (κ3) is 2.90. The van der Waals surface area contributed by atoms with Crippen molar-refractivity contribution in [3.8, 4) is 6.07 Å². The van der Waals surface area contributed by atoms with Gasteiger partial charge in [-0.15, -0.1) is 0 Å². The Kier molecular flexibility index (Phi) is 3.67. The molecule has 1 saturated carbocycles. The second kappa shape index (κ2) is 5.96. The fourth-order valence-corrected chi connectivity index (χ4v) is 3.52. The van der Waals surface area contributed by atoms with Gasteiger partial charge in [-0.3, -0.25) is 0 Å². The third-order valence-corrected chi connectivity index (χ3v) is 4.85. The topological polar surface area (TPSA) is 47.9 Å². The summed E-state index contributed by atoms with van der Waals surface area (Å²) in [4.78, 5) is 0. The van der Waals surface area contributed by atoms with Gasteiger partial charge in [0.25, 0.3) is 0 Å². The minimum Gasteiger partial charge on any atom is -0.384 e. The first-order valence-electron chi connectivity index (χ1n) is 8.48. The van der Waals surface area contributed by atoms with E-state index < -0.39 is 0 Å². The Hall–Kier alpha value is -2.47. The van der Waals surface area contributed by atoms with Gasteiger partial charge in [-0.1, -0.05) is 18.2 Å². The number of nitriles is 1. The summed E-state index contributed by atoms with van der Waals surface area (Å²) in [6.07, 6.45) is 4.94. The molecule has 0 saturated heterocycles. The van der Waals surface area contributed by atoms with E-state index in [9.17, 15) is 0 Å². The molecule has 2 heterocycles. The molecular formula is C20H21N3. The highest BCUT2D eigenvalue weighted by Crippen LogP contribution is 2.44. The Morgan fingerprint density at radius 2 is 1.74 bits per heavy atom. The van der Waals surface area contributed by atoms with Crippen LogP contribution >= 0.6 is 0 Å². The summed E-state index contributed by atoms with van der Waals surface area (Å²) in [5.41, 5.74) is 7.68. The Morgan fingerprint density at radius 1 is 0.957 bits per heavy atom. The van der Waals surface area contributed by atoms with E-state index in [1.54, 1.807) is 0 Å². The van der Waals surface area contributed by atoms with Crippen LogP contribution in [0.25, 0.3) is 0 Å². The number of rotatable bonds is 1. The molecular weight excluding hydrogens is 282 g/mol. The lowest BCUT2D eigenvalue weighted by Crippen LogP contribution is -1.91. The molecule has 3 heteroatoms. The zero-order valence-electron chi connectivity index (χ0n) is 13.2. The van der Waals surface area contributed by atoms with Crippen LogP contribution in [0.2, 0.25) is 0 Å². The zero-order chi connectivity index (χ0) is 15.6. The summed E-state index contributed by atoms with van der Waals surface area (Å²) in [5.74, 6) is 0.747. The number of benzene rings is 2. The number of hydrogen-bond acceptors (Lipinski definition) is 3. The van der Waals surface area contributed by atoms with Crippen LogP contribution in [-0.2, 0) is 12.8 Å². The molecule has 3 aliphatic rings. The van der Waals surface area contributed by atoms with E-state index in [4.69, 9.17) is 5.26 Å². The molecule has 2 aromatic carbocycles. The van der Waals surface area contributed by atoms with Gasteiger partial charge in [-0.2, -0.15) is 5.26 Å². The number of fused-ring (bicyclic) bond motifs is 2. The standard InChI is InChI=1S/C12H12N2.C8H9N/c13-7-8-5-11(9-1-2-9)10-3-4-14-12(10)6-8;1-2-4-8-7(3-1)5-6-9-8/h5-6,9,14H,1-4H2;1-4,9H,5-6H2. The van der Waals surface area contributed by atoms with Crippen LogP contribution in [0.1, 0.15) is 41.0 Å². The zero-order valence-corrected chi connectivity index (χ0v) is 13.2. The summed E-state index contributed by atoms with van der Waals surface area (Å²) in [6, 6.07) is 14.8. The fraction of sp³-hybridized carbons (Fsp3) is 0.350. The molecule has 116 valence electrons. The molecule has 2 aliphatic heterocycles. The predicted molar refractivity (Wildman–Crippen MR) is 94.0 cm³/mol. The molecule has 0 radical (unpaired) electrons. The highest BCUT2D eigenvalue weighted by Gasteiger charge is 2.28. The van der Waals surface area contributed by atoms with Crippen LogP contribution < -0.4 is 10.6 Å². The second-order valence-electron chi connectivity index (χ2n) is 6.49. The Bertz CT molecular complexity index is 746. The lowest BCUT2D eigenvalue weighted by atomic mass is 9.98. The molecule has 0 unspecified atom stereocenters. The molecule has 0 spiro atoms. The number of hydrogen-bond donors (Lipinski definition) is 2. The fourth-order valence-electron chi connectivity index (χ4n) is 3.52. The molecule has 2 N–H and O–H groups in total. The van der Waals surface area contributed by atoms with Gasteiger partial charge in [0.05, 0.1) is 11.6 Å². The molecule has 1 fully saturated rings. The Labute approximate surface area is 137 Å². The number of para-hydroxylation sites is 1. The van der Waals surface area contributed by atoms with Gasteiger partial charge < -0.3 is 10.6 Å². The van der Waals surface area contributed by atoms with Crippen molar-refractivity contribution in [2.45, 2.75) is 31.6 Å². The maximum Gasteiger partial charge on any atom is 0.0992 e. The van der Waals surface area contributed by atoms with Gasteiger partial charge in [0.1, 0.15) is 0 Å². The molecule has 3 nitrogen and oxygen atoms in total. The first-order valence-corrected chi connectivity index (χ1v) is 8.48. The van der Waals surface area contributed by atoms with Crippen molar-refractivity contribution in [3.05, 3.63) is 58.7 Å². The van der Waals surface area contributed by atoms with Crippen LogP contribution in [0.4, 0.5) is 11.4 Å². The van der Waals surface area contributed by atoms with E-state index in [1.807, 2.05) is 6.07 Å².